The first-order valence-corrected chi connectivity index (χ1v) is 14.2. The van der Waals surface area contributed by atoms with Gasteiger partial charge in [0.05, 0.1) is 18.6 Å². The van der Waals surface area contributed by atoms with Crippen LogP contribution in [-0.4, -0.2) is 84.9 Å². The summed E-state index contributed by atoms with van der Waals surface area (Å²) in [4.78, 5) is 47.1. The third-order valence-corrected chi connectivity index (χ3v) is 8.47. The number of likely N-dealkylation sites (tertiary alicyclic amines) is 1. The van der Waals surface area contributed by atoms with E-state index in [0.29, 0.717) is 32.4 Å². The van der Waals surface area contributed by atoms with Crippen molar-refractivity contribution in [2.24, 2.45) is 11.8 Å². The number of ether oxygens (including phenoxy) is 2. The van der Waals surface area contributed by atoms with Gasteiger partial charge in [0.15, 0.2) is 0 Å². The minimum atomic E-state index is -1.26. The number of aliphatic hydroxyl groups is 1. The van der Waals surface area contributed by atoms with Gasteiger partial charge in [-0.1, -0.05) is 24.3 Å². The second kappa shape index (κ2) is 11.5. The van der Waals surface area contributed by atoms with Crippen molar-refractivity contribution >= 4 is 29.2 Å². The largest absolute Gasteiger partial charge is 0.465 e. The zero-order valence-electron chi connectivity index (χ0n) is 22.8. The zero-order valence-corrected chi connectivity index (χ0v) is 22.8. The molecule has 1 aromatic rings. The van der Waals surface area contributed by atoms with Crippen LogP contribution in [0.25, 0.3) is 0 Å². The van der Waals surface area contributed by atoms with Gasteiger partial charge in [-0.2, -0.15) is 0 Å². The Hall–Kier alpha value is -3.17. The molecule has 4 aliphatic heterocycles. The van der Waals surface area contributed by atoms with Gasteiger partial charge < -0.3 is 29.3 Å². The summed E-state index contributed by atoms with van der Waals surface area (Å²) in [5.74, 6) is -2.57. The van der Waals surface area contributed by atoms with Crippen molar-refractivity contribution in [3.05, 3.63) is 48.6 Å². The number of esters is 1. The van der Waals surface area contributed by atoms with Gasteiger partial charge >= 0.3 is 5.97 Å². The Kier molecular flexibility index (Phi) is 8.09. The third-order valence-electron chi connectivity index (χ3n) is 8.47. The number of unbranched alkanes of at least 4 members (excludes halogenated alkanes) is 2. The molecule has 0 radical (unpaired) electrons. The number of nitrogens with zero attached hydrogens (tertiary/aromatic N) is 3. The number of hydrogen-bond donors (Lipinski definition) is 1. The normalized spacial score (nSPS) is 29.9. The lowest BCUT2D eigenvalue weighted by Crippen LogP contribution is -2.55. The quantitative estimate of drug-likeness (QED) is 0.294. The molecule has 1 unspecified atom stereocenters. The lowest BCUT2D eigenvalue weighted by molar-refractivity contribution is -0.154. The maximum Gasteiger partial charge on any atom is 0.312 e. The second-order valence-electron chi connectivity index (χ2n) is 10.6. The van der Waals surface area contributed by atoms with Crippen LogP contribution in [0.15, 0.2) is 48.6 Å². The number of fused-ring (bicyclic) bond motifs is 2. The molecule has 210 valence electrons. The number of aliphatic hydroxyl groups excluding tert-OH is 1. The van der Waals surface area contributed by atoms with Crippen molar-refractivity contribution in [3.8, 4) is 0 Å². The summed E-state index contributed by atoms with van der Waals surface area (Å²) in [5.41, 5.74) is 0.571. The maximum atomic E-state index is 14.4. The first-order chi connectivity index (χ1) is 19.0. The monoisotopic (exact) mass is 537 g/mol. The summed E-state index contributed by atoms with van der Waals surface area (Å²) < 4.78 is 12.1. The molecule has 5 rings (SSSR count). The second-order valence-corrected chi connectivity index (χ2v) is 10.6. The third kappa shape index (κ3) is 4.76. The van der Waals surface area contributed by atoms with Crippen LogP contribution in [0.2, 0.25) is 0 Å². The van der Waals surface area contributed by atoms with Crippen molar-refractivity contribution in [1.82, 2.24) is 4.90 Å². The molecule has 2 amide bonds. The first kappa shape index (κ1) is 27.4. The summed E-state index contributed by atoms with van der Waals surface area (Å²) in [6, 6.07) is 7.02. The van der Waals surface area contributed by atoms with E-state index in [9.17, 15) is 19.5 Å². The summed E-state index contributed by atoms with van der Waals surface area (Å²) in [5, 5.41) is 9.23. The van der Waals surface area contributed by atoms with E-state index in [1.807, 2.05) is 48.6 Å². The maximum absolute atomic E-state index is 14.4. The fraction of sp³-hybridized carbons (Fsp3) is 0.567. The van der Waals surface area contributed by atoms with Gasteiger partial charge in [-0.15, -0.1) is 0 Å². The van der Waals surface area contributed by atoms with E-state index < -0.39 is 35.6 Å². The van der Waals surface area contributed by atoms with E-state index in [2.05, 4.69) is 18.7 Å². The molecule has 2 saturated heterocycles. The predicted molar refractivity (Wildman–Crippen MR) is 147 cm³/mol. The molecule has 0 bridgehead atoms. The van der Waals surface area contributed by atoms with Gasteiger partial charge in [-0.25, -0.2) is 0 Å². The van der Waals surface area contributed by atoms with Crippen molar-refractivity contribution in [2.45, 2.75) is 57.3 Å². The van der Waals surface area contributed by atoms with Crippen molar-refractivity contribution < 1.29 is 29.0 Å². The molecule has 1 spiro atoms. The average molecular weight is 538 g/mol. The lowest BCUT2D eigenvalue weighted by atomic mass is 9.77. The van der Waals surface area contributed by atoms with Gasteiger partial charge in [0.2, 0.25) is 5.91 Å². The van der Waals surface area contributed by atoms with Crippen LogP contribution in [0, 0.1) is 11.8 Å². The highest BCUT2D eigenvalue weighted by atomic mass is 16.6. The van der Waals surface area contributed by atoms with Crippen LogP contribution in [0.1, 0.15) is 39.5 Å². The molecule has 0 aromatic heterocycles. The van der Waals surface area contributed by atoms with Gasteiger partial charge in [0.25, 0.3) is 5.91 Å². The van der Waals surface area contributed by atoms with Gasteiger partial charge in [-0.3, -0.25) is 14.4 Å². The number of anilines is 2. The Morgan fingerprint density at radius 1 is 1.03 bits per heavy atom. The topological polar surface area (TPSA) is 99.6 Å². The van der Waals surface area contributed by atoms with Crippen LogP contribution in [0.5, 0.6) is 0 Å². The first-order valence-electron chi connectivity index (χ1n) is 14.2. The van der Waals surface area contributed by atoms with E-state index in [-0.39, 0.29) is 25.0 Å². The zero-order chi connectivity index (χ0) is 27.6. The molecule has 0 aliphatic carbocycles. The average Bonchev–Trinajstić information content (AvgIpc) is 3.31. The van der Waals surface area contributed by atoms with Crippen LogP contribution in [0.4, 0.5) is 11.4 Å². The molecule has 2 fully saturated rings. The summed E-state index contributed by atoms with van der Waals surface area (Å²) in [6.45, 7) is 7.00. The molecule has 39 heavy (non-hydrogen) atoms. The Morgan fingerprint density at radius 3 is 2.51 bits per heavy atom. The number of carbonyl (C=O) groups excluding carboxylic acids is 3. The number of hydrogen-bond acceptors (Lipinski definition) is 7. The molecule has 5 atom stereocenters. The smallest absolute Gasteiger partial charge is 0.312 e. The molecular formula is C30H39N3O6. The molecule has 4 heterocycles. The molecule has 1 N–H and O–H groups in total. The van der Waals surface area contributed by atoms with Crippen LogP contribution >= 0.6 is 0 Å². The highest BCUT2D eigenvalue weighted by Crippen LogP contribution is 2.53. The van der Waals surface area contributed by atoms with Gasteiger partial charge in [-0.05, 0) is 63.8 Å². The number of carbonyl (C=O) groups is 3. The van der Waals surface area contributed by atoms with E-state index in [1.54, 1.807) is 9.80 Å². The van der Waals surface area contributed by atoms with Gasteiger partial charge in [0.1, 0.15) is 17.6 Å². The summed E-state index contributed by atoms with van der Waals surface area (Å²) in [6.07, 6.45) is 9.43. The van der Waals surface area contributed by atoms with E-state index in [1.165, 1.54) is 0 Å². The Labute approximate surface area is 230 Å². The molecule has 1 aromatic carbocycles. The molecule has 4 aliphatic rings. The van der Waals surface area contributed by atoms with Gasteiger partial charge in [0, 0.05) is 44.2 Å². The number of cyclic esters (lactones) is 1. The molecule has 9 heteroatoms. The van der Waals surface area contributed by atoms with Crippen LogP contribution < -0.4 is 9.80 Å². The number of rotatable bonds is 9. The fourth-order valence-electron chi connectivity index (χ4n) is 6.58. The summed E-state index contributed by atoms with van der Waals surface area (Å²) in [7, 11) is 0. The van der Waals surface area contributed by atoms with Crippen LogP contribution in [0.3, 0.4) is 0 Å². The van der Waals surface area contributed by atoms with E-state index in [4.69, 9.17) is 9.47 Å². The molecular weight excluding hydrogens is 498 g/mol. The Bertz CT molecular complexity index is 1130. The SMILES string of the molecule is CCN(CC)c1ccc(N2CC=C[C@]34O[C@@H]5C=CCCOC(=O)[C@@H]5[C@H]3C(=O)N(CCCCCO)C4C2=O)cc1. The Morgan fingerprint density at radius 2 is 1.79 bits per heavy atom. The standard InChI is InChI=1S/C30H39N3O6/c1-3-31(4-2)21-12-14-22(15-13-21)32-18-10-16-30-25(24-23(39-30)11-6-9-20-38-29(24)37)27(35)33(26(30)28(32)36)17-7-5-8-19-34/h6,10-16,23-26,34H,3-5,7-9,17-20H2,1-2H3/t23-,24+,25+,26?,30+/m1/s1. The highest BCUT2D eigenvalue weighted by Gasteiger charge is 2.71. The van der Waals surface area contributed by atoms with Crippen LogP contribution in [-0.2, 0) is 23.9 Å². The minimum absolute atomic E-state index is 0.0773. The van der Waals surface area contributed by atoms with Crippen molar-refractivity contribution in [1.29, 1.82) is 0 Å². The highest BCUT2D eigenvalue weighted by molar-refractivity contribution is 6.05. The summed E-state index contributed by atoms with van der Waals surface area (Å²) >= 11 is 0. The molecule has 9 nitrogen and oxygen atoms in total. The lowest BCUT2D eigenvalue weighted by Gasteiger charge is -2.35. The predicted octanol–water partition coefficient (Wildman–Crippen LogP) is 2.68. The fourth-order valence-corrected chi connectivity index (χ4v) is 6.58. The van der Waals surface area contributed by atoms with Crippen molar-refractivity contribution in [3.63, 3.8) is 0 Å². The minimum Gasteiger partial charge on any atom is -0.465 e. The van der Waals surface area contributed by atoms with E-state index in [0.717, 1.165) is 30.9 Å². The number of benzene rings is 1. The van der Waals surface area contributed by atoms with E-state index >= 15 is 0 Å². The number of amides is 2. The van der Waals surface area contributed by atoms with Crippen molar-refractivity contribution in [2.75, 3.05) is 49.2 Å². The molecule has 0 saturated carbocycles. The Balaban J connectivity index is 1.52.